The molecule has 0 spiro atoms. The Labute approximate surface area is 222 Å². The molecule has 0 unspecified atom stereocenters. The van der Waals surface area contributed by atoms with Gasteiger partial charge in [-0.05, 0) is 57.9 Å². The number of nitrogens with one attached hydrogen (secondary N) is 1. The Balaban J connectivity index is 1.48. The number of phenolic OH excluding ortho intramolecular Hbond substituents is 1. The fourth-order valence-electron chi connectivity index (χ4n) is 3.12. The van der Waals surface area contributed by atoms with Crippen molar-refractivity contribution in [3.05, 3.63) is 81.2 Å². The van der Waals surface area contributed by atoms with E-state index in [0.717, 1.165) is 15.7 Å². The summed E-state index contributed by atoms with van der Waals surface area (Å²) in [4.78, 5) is 12.4. The maximum Gasteiger partial charge on any atom is 0.250 e. The number of hydrazone groups is 1. The quantitative estimate of drug-likeness (QED) is 0.156. The molecule has 0 saturated heterocycles. The first kappa shape index (κ1) is 25.0. The highest BCUT2D eigenvalue weighted by molar-refractivity contribution is 9.10. The molecule has 4 aromatic rings. The van der Waals surface area contributed by atoms with Gasteiger partial charge in [-0.2, -0.15) is 5.10 Å². The van der Waals surface area contributed by atoms with Crippen LogP contribution in [-0.4, -0.2) is 44.9 Å². The Morgan fingerprint density at radius 1 is 1.14 bits per heavy atom. The molecule has 0 atom stereocenters. The molecule has 1 heterocycles. The second kappa shape index (κ2) is 11.5. The summed E-state index contributed by atoms with van der Waals surface area (Å²) in [6.07, 6.45) is 1.47. The lowest BCUT2D eigenvalue weighted by Gasteiger charge is -2.10. The van der Waals surface area contributed by atoms with Gasteiger partial charge in [0.15, 0.2) is 22.5 Å². The van der Waals surface area contributed by atoms with E-state index in [0.29, 0.717) is 26.8 Å². The zero-order valence-electron chi connectivity index (χ0n) is 18.4. The van der Waals surface area contributed by atoms with Gasteiger partial charge in [-0.25, -0.2) is 5.43 Å². The number of phenols is 1. The van der Waals surface area contributed by atoms with Gasteiger partial charge in [-0.3, -0.25) is 9.36 Å². The second-order valence-corrected chi connectivity index (χ2v) is 9.83. The second-order valence-electron chi connectivity index (χ2n) is 7.12. The first-order valence-corrected chi connectivity index (χ1v) is 12.8. The highest BCUT2D eigenvalue weighted by Gasteiger charge is 2.17. The van der Waals surface area contributed by atoms with E-state index in [4.69, 9.17) is 4.74 Å². The number of hydrogen-bond donors (Lipinski definition) is 2. The van der Waals surface area contributed by atoms with Gasteiger partial charge in [0.05, 0.1) is 23.5 Å². The molecule has 3 aromatic carbocycles. The minimum atomic E-state index is -0.302. The van der Waals surface area contributed by atoms with Crippen LogP contribution in [0.1, 0.15) is 5.56 Å². The summed E-state index contributed by atoms with van der Waals surface area (Å²) < 4.78 is 8.47. The van der Waals surface area contributed by atoms with Gasteiger partial charge in [0.2, 0.25) is 0 Å². The van der Waals surface area contributed by atoms with E-state index < -0.39 is 0 Å². The van der Waals surface area contributed by atoms with Crippen LogP contribution in [0.5, 0.6) is 11.5 Å². The smallest absolute Gasteiger partial charge is 0.250 e. The summed E-state index contributed by atoms with van der Waals surface area (Å²) in [6.45, 7) is 0. The number of amides is 1. The largest absolute Gasteiger partial charge is 0.503 e. The van der Waals surface area contributed by atoms with Crippen LogP contribution in [0, 0.1) is 0 Å². The van der Waals surface area contributed by atoms with E-state index in [9.17, 15) is 9.90 Å². The third kappa shape index (κ3) is 6.11. The van der Waals surface area contributed by atoms with Crippen LogP contribution in [0.2, 0.25) is 0 Å². The number of halogens is 2. The van der Waals surface area contributed by atoms with Crippen LogP contribution >= 0.6 is 43.6 Å². The predicted octanol–water partition coefficient (Wildman–Crippen LogP) is 5.42. The van der Waals surface area contributed by atoms with E-state index in [1.54, 1.807) is 12.1 Å². The number of carbonyl (C=O) groups excluding carboxylic acids is 1. The number of benzene rings is 3. The van der Waals surface area contributed by atoms with Crippen molar-refractivity contribution in [2.45, 2.75) is 5.16 Å². The van der Waals surface area contributed by atoms with Crippen LogP contribution in [0.4, 0.5) is 0 Å². The molecule has 2 N–H and O–H groups in total. The minimum absolute atomic E-state index is 0.00452. The van der Waals surface area contributed by atoms with Crippen LogP contribution in [-0.2, 0) is 4.79 Å². The molecule has 0 saturated carbocycles. The van der Waals surface area contributed by atoms with E-state index in [1.165, 1.54) is 25.1 Å². The Kier molecular flexibility index (Phi) is 8.21. The van der Waals surface area contributed by atoms with Crippen LogP contribution in [0.25, 0.3) is 17.1 Å². The van der Waals surface area contributed by atoms with Gasteiger partial charge in [-0.15, -0.1) is 10.2 Å². The molecule has 0 aliphatic rings. The van der Waals surface area contributed by atoms with Gasteiger partial charge in [0.1, 0.15) is 0 Å². The van der Waals surface area contributed by atoms with E-state index in [-0.39, 0.29) is 17.4 Å². The van der Waals surface area contributed by atoms with Gasteiger partial charge in [0, 0.05) is 15.7 Å². The van der Waals surface area contributed by atoms with Gasteiger partial charge < -0.3 is 9.84 Å². The molecule has 35 heavy (non-hydrogen) atoms. The van der Waals surface area contributed by atoms with Crippen molar-refractivity contribution < 1.29 is 14.6 Å². The number of carbonyl (C=O) groups is 1. The molecule has 1 aromatic heterocycles. The van der Waals surface area contributed by atoms with Crippen LogP contribution in [0.3, 0.4) is 0 Å². The molecular formula is C24H19Br2N5O3S. The lowest BCUT2D eigenvalue weighted by Crippen LogP contribution is -2.20. The van der Waals surface area contributed by atoms with E-state index >= 15 is 0 Å². The maximum atomic E-state index is 12.4. The molecular weight excluding hydrogens is 598 g/mol. The van der Waals surface area contributed by atoms with Crippen LogP contribution < -0.4 is 10.2 Å². The monoisotopic (exact) mass is 615 g/mol. The molecule has 0 aliphatic carbocycles. The number of para-hydroxylation sites is 1. The molecule has 4 rings (SSSR count). The summed E-state index contributed by atoms with van der Waals surface area (Å²) >= 11 is 7.97. The summed E-state index contributed by atoms with van der Waals surface area (Å²) in [5, 5.41) is 23.2. The van der Waals surface area contributed by atoms with Gasteiger partial charge >= 0.3 is 0 Å². The summed E-state index contributed by atoms with van der Waals surface area (Å²) in [7, 11) is 1.46. The van der Waals surface area contributed by atoms with Crippen molar-refractivity contribution in [3.8, 4) is 28.6 Å². The molecule has 0 radical (unpaired) electrons. The number of hydrogen-bond acceptors (Lipinski definition) is 7. The van der Waals surface area contributed by atoms with Gasteiger partial charge in [-0.1, -0.05) is 58.0 Å². The van der Waals surface area contributed by atoms with Gasteiger partial charge in [0.25, 0.3) is 5.91 Å². The number of nitrogens with zero attached hydrogens (tertiary/aromatic N) is 4. The van der Waals surface area contributed by atoms with Crippen LogP contribution in [0.15, 0.2) is 85.9 Å². The lowest BCUT2D eigenvalue weighted by molar-refractivity contribution is -0.118. The summed E-state index contributed by atoms with van der Waals surface area (Å²) in [6, 6.07) is 20.8. The lowest BCUT2D eigenvalue weighted by atomic mass is 10.2. The van der Waals surface area contributed by atoms with Crippen molar-refractivity contribution in [3.63, 3.8) is 0 Å². The summed E-state index contributed by atoms with van der Waals surface area (Å²) in [5.74, 6) is 0.755. The summed E-state index contributed by atoms with van der Waals surface area (Å²) in [5.41, 5.74) is 4.94. The number of ether oxygens (including phenoxy) is 1. The molecule has 11 heteroatoms. The molecule has 8 nitrogen and oxygen atoms in total. The number of aromatic hydroxyl groups is 1. The van der Waals surface area contributed by atoms with E-state index in [1.807, 2.05) is 59.2 Å². The molecule has 0 aliphatic heterocycles. The third-order valence-electron chi connectivity index (χ3n) is 4.76. The Bertz CT molecular complexity index is 1360. The number of thioether (sulfide) groups is 1. The zero-order valence-corrected chi connectivity index (χ0v) is 22.3. The standard InChI is InChI=1S/C24H19Br2N5O3S/c1-34-20-12-15(11-19(26)22(20)33)13-27-28-21(32)14-35-24-30-29-23(16-7-9-17(25)10-8-16)31(24)18-5-3-2-4-6-18/h2-13,33H,14H2,1H3,(H,28,32). The Hall–Kier alpha value is -3.15. The van der Waals surface area contributed by atoms with Crippen molar-refractivity contribution in [1.29, 1.82) is 0 Å². The number of methoxy groups -OCH3 is 1. The molecule has 0 bridgehead atoms. The zero-order chi connectivity index (χ0) is 24.8. The van der Waals surface area contributed by atoms with Crippen molar-refractivity contribution >= 4 is 55.7 Å². The topological polar surface area (TPSA) is 102 Å². The fraction of sp³-hybridized carbons (Fsp3) is 0.0833. The highest BCUT2D eigenvalue weighted by atomic mass is 79.9. The normalized spacial score (nSPS) is 11.1. The SMILES string of the molecule is COc1cc(C=NNC(=O)CSc2nnc(-c3ccc(Br)cc3)n2-c2ccccc2)cc(Br)c1O. The fourth-order valence-corrected chi connectivity index (χ4v) is 4.59. The maximum absolute atomic E-state index is 12.4. The van der Waals surface area contributed by atoms with Crippen molar-refractivity contribution in [2.24, 2.45) is 5.10 Å². The first-order chi connectivity index (χ1) is 17.0. The average molecular weight is 617 g/mol. The number of rotatable bonds is 8. The third-order valence-corrected chi connectivity index (χ3v) is 6.82. The van der Waals surface area contributed by atoms with Crippen molar-refractivity contribution in [1.82, 2.24) is 20.2 Å². The molecule has 0 fully saturated rings. The minimum Gasteiger partial charge on any atom is -0.503 e. The first-order valence-electron chi connectivity index (χ1n) is 10.2. The molecule has 1 amide bonds. The van der Waals surface area contributed by atoms with Crippen molar-refractivity contribution in [2.75, 3.05) is 12.9 Å². The Morgan fingerprint density at radius 2 is 1.89 bits per heavy atom. The number of aromatic nitrogens is 3. The highest BCUT2D eigenvalue weighted by Crippen LogP contribution is 2.34. The predicted molar refractivity (Wildman–Crippen MR) is 143 cm³/mol. The molecule has 178 valence electrons. The Morgan fingerprint density at radius 3 is 2.60 bits per heavy atom. The van der Waals surface area contributed by atoms with E-state index in [2.05, 4.69) is 52.6 Å². The average Bonchev–Trinajstić information content (AvgIpc) is 3.29.